The number of ketones is 1. The molecule has 2 heterocycles. The molecule has 17 heavy (non-hydrogen) atoms. The second kappa shape index (κ2) is 5.92. The molecule has 1 saturated heterocycles. The van der Waals surface area contributed by atoms with E-state index in [1.807, 2.05) is 17.5 Å². The molecule has 5 heteroatoms. The molecule has 0 amide bonds. The van der Waals surface area contributed by atoms with Crippen LogP contribution in [-0.4, -0.2) is 54.9 Å². The highest BCUT2D eigenvalue weighted by Crippen LogP contribution is 2.11. The van der Waals surface area contributed by atoms with Crippen molar-refractivity contribution in [2.75, 3.05) is 39.3 Å². The minimum Gasteiger partial charge on any atom is -0.293 e. The van der Waals surface area contributed by atoms with Crippen LogP contribution in [0.3, 0.4) is 0 Å². The highest BCUT2D eigenvalue weighted by Gasteiger charge is 2.19. The first kappa shape index (κ1) is 12.2. The van der Waals surface area contributed by atoms with Crippen LogP contribution in [-0.2, 0) is 0 Å². The van der Waals surface area contributed by atoms with E-state index in [0.29, 0.717) is 13.1 Å². The Kier molecular flexibility index (Phi) is 4.26. The summed E-state index contributed by atoms with van der Waals surface area (Å²) in [5.74, 6) is 0.203. The van der Waals surface area contributed by atoms with Gasteiger partial charge in [-0.2, -0.15) is 5.26 Å². The SMILES string of the molecule is N#CCN1CCN(CC(=O)c2cccs2)CC1. The second-order valence-corrected chi connectivity index (χ2v) is 5.06. The van der Waals surface area contributed by atoms with Crippen molar-refractivity contribution < 1.29 is 4.79 Å². The summed E-state index contributed by atoms with van der Waals surface area (Å²) in [6.45, 7) is 4.50. The second-order valence-electron chi connectivity index (χ2n) is 4.11. The topological polar surface area (TPSA) is 47.3 Å². The van der Waals surface area contributed by atoms with Gasteiger partial charge in [0.2, 0.25) is 0 Å². The molecule has 0 atom stereocenters. The highest BCUT2D eigenvalue weighted by atomic mass is 32.1. The third-order valence-electron chi connectivity index (χ3n) is 2.92. The van der Waals surface area contributed by atoms with Gasteiger partial charge in [0.15, 0.2) is 5.78 Å². The Hall–Kier alpha value is -1.22. The first-order valence-electron chi connectivity index (χ1n) is 5.68. The molecule has 0 aliphatic carbocycles. The summed E-state index contributed by atoms with van der Waals surface area (Å²) in [7, 11) is 0. The normalized spacial score (nSPS) is 17.8. The number of hydrogen-bond acceptors (Lipinski definition) is 5. The van der Waals surface area contributed by atoms with Crippen molar-refractivity contribution in [1.29, 1.82) is 5.26 Å². The highest BCUT2D eigenvalue weighted by molar-refractivity contribution is 7.12. The Bertz CT molecular complexity index is 402. The number of nitrogens with zero attached hydrogens (tertiary/aromatic N) is 3. The van der Waals surface area contributed by atoms with E-state index >= 15 is 0 Å². The van der Waals surface area contributed by atoms with Crippen LogP contribution in [0.25, 0.3) is 0 Å². The Morgan fingerprint density at radius 2 is 2.06 bits per heavy atom. The number of carbonyl (C=O) groups excluding carboxylic acids is 1. The number of nitriles is 1. The third kappa shape index (κ3) is 3.37. The summed E-state index contributed by atoms with van der Waals surface area (Å²) in [5, 5.41) is 10.5. The lowest BCUT2D eigenvalue weighted by Crippen LogP contribution is -2.47. The molecule has 0 saturated carbocycles. The van der Waals surface area contributed by atoms with Crippen LogP contribution >= 0.6 is 11.3 Å². The molecule has 4 nitrogen and oxygen atoms in total. The van der Waals surface area contributed by atoms with E-state index in [9.17, 15) is 4.79 Å². The predicted molar refractivity (Wildman–Crippen MR) is 67.1 cm³/mol. The van der Waals surface area contributed by atoms with Crippen molar-refractivity contribution in [2.45, 2.75) is 0 Å². The van der Waals surface area contributed by atoms with Gasteiger partial charge in [0.05, 0.1) is 24.0 Å². The molecule has 1 aromatic rings. The maximum absolute atomic E-state index is 11.9. The number of rotatable bonds is 4. The molecular weight excluding hydrogens is 234 g/mol. The minimum absolute atomic E-state index is 0.203. The number of Topliss-reactive ketones (excluding diaryl/α,β-unsaturated/α-hetero) is 1. The van der Waals surface area contributed by atoms with E-state index in [4.69, 9.17) is 5.26 Å². The molecule has 0 unspecified atom stereocenters. The molecule has 1 aliphatic heterocycles. The Labute approximate surface area is 105 Å². The zero-order chi connectivity index (χ0) is 12.1. The summed E-state index contributed by atoms with van der Waals surface area (Å²) in [5.41, 5.74) is 0. The monoisotopic (exact) mass is 249 g/mol. The number of piperazine rings is 1. The average molecular weight is 249 g/mol. The van der Waals surface area contributed by atoms with Gasteiger partial charge in [-0.05, 0) is 11.4 Å². The van der Waals surface area contributed by atoms with Crippen LogP contribution in [0.15, 0.2) is 17.5 Å². The van der Waals surface area contributed by atoms with Crippen molar-refractivity contribution >= 4 is 17.1 Å². The van der Waals surface area contributed by atoms with Crippen molar-refractivity contribution in [2.24, 2.45) is 0 Å². The molecule has 0 radical (unpaired) electrons. The molecule has 0 spiro atoms. The fraction of sp³-hybridized carbons (Fsp3) is 0.500. The van der Waals surface area contributed by atoms with E-state index in [2.05, 4.69) is 15.9 Å². The Morgan fingerprint density at radius 1 is 1.35 bits per heavy atom. The van der Waals surface area contributed by atoms with Crippen LogP contribution in [0.1, 0.15) is 9.67 Å². The van der Waals surface area contributed by atoms with Crippen molar-refractivity contribution in [3.05, 3.63) is 22.4 Å². The van der Waals surface area contributed by atoms with Gasteiger partial charge in [0.1, 0.15) is 0 Å². The summed E-state index contributed by atoms with van der Waals surface area (Å²) in [4.78, 5) is 17.0. The molecule has 1 aromatic heterocycles. The molecule has 0 N–H and O–H groups in total. The Morgan fingerprint density at radius 3 is 2.65 bits per heavy atom. The fourth-order valence-electron chi connectivity index (χ4n) is 1.92. The number of hydrogen-bond donors (Lipinski definition) is 0. The van der Waals surface area contributed by atoms with Crippen LogP contribution < -0.4 is 0 Å². The quantitative estimate of drug-likeness (QED) is 0.591. The van der Waals surface area contributed by atoms with E-state index in [0.717, 1.165) is 31.1 Å². The smallest absolute Gasteiger partial charge is 0.186 e. The zero-order valence-electron chi connectivity index (χ0n) is 9.63. The Balaban J connectivity index is 1.79. The maximum Gasteiger partial charge on any atom is 0.186 e. The van der Waals surface area contributed by atoms with Crippen molar-refractivity contribution in [1.82, 2.24) is 9.80 Å². The zero-order valence-corrected chi connectivity index (χ0v) is 10.4. The van der Waals surface area contributed by atoms with Gasteiger partial charge in [0.25, 0.3) is 0 Å². The molecule has 1 fully saturated rings. The number of thiophene rings is 1. The molecule has 0 aromatic carbocycles. The van der Waals surface area contributed by atoms with Gasteiger partial charge in [-0.25, -0.2) is 0 Å². The lowest BCUT2D eigenvalue weighted by atomic mass is 10.2. The van der Waals surface area contributed by atoms with E-state index < -0.39 is 0 Å². The van der Waals surface area contributed by atoms with Gasteiger partial charge in [-0.15, -0.1) is 11.3 Å². The summed E-state index contributed by atoms with van der Waals surface area (Å²) < 4.78 is 0. The van der Waals surface area contributed by atoms with E-state index in [1.54, 1.807) is 0 Å². The van der Waals surface area contributed by atoms with Crippen LogP contribution in [0.2, 0.25) is 0 Å². The third-order valence-corrected chi connectivity index (χ3v) is 3.83. The minimum atomic E-state index is 0.203. The maximum atomic E-state index is 11.9. The van der Waals surface area contributed by atoms with Gasteiger partial charge in [-0.1, -0.05) is 6.07 Å². The lowest BCUT2D eigenvalue weighted by molar-refractivity contribution is 0.0870. The van der Waals surface area contributed by atoms with Crippen LogP contribution in [0.4, 0.5) is 0 Å². The number of carbonyl (C=O) groups is 1. The van der Waals surface area contributed by atoms with E-state index in [-0.39, 0.29) is 5.78 Å². The molecular formula is C12H15N3OS. The molecule has 90 valence electrons. The first-order chi connectivity index (χ1) is 8.29. The van der Waals surface area contributed by atoms with Gasteiger partial charge < -0.3 is 0 Å². The molecule has 0 bridgehead atoms. The van der Waals surface area contributed by atoms with Crippen molar-refractivity contribution in [3.8, 4) is 6.07 Å². The van der Waals surface area contributed by atoms with Crippen LogP contribution in [0, 0.1) is 11.3 Å². The van der Waals surface area contributed by atoms with Gasteiger partial charge in [0, 0.05) is 26.2 Å². The summed E-state index contributed by atoms with van der Waals surface area (Å²) in [6, 6.07) is 5.94. The van der Waals surface area contributed by atoms with Gasteiger partial charge >= 0.3 is 0 Å². The van der Waals surface area contributed by atoms with Gasteiger partial charge in [-0.3, -0.25) is 14.6 Å². The molecule has 1 aliphatic rings. The fourth-order valence-corrected chi connectivity index (χ4v) is 2.58. The first-order valence-corrected chi connectivity index (χ1v) is 6.56. The van der Waals surface area contributed by atoms with E-state index in [1.165, 1.54) is 11.3 Å². The lowest BCUT2D eigenvalue weighted by Gasteiger charge is -2.32. The standard InChI is InChI=1S/C12H15N3OS/c13-3-4-14-5-7-15(8-6-14)10-11(16)12-2-1-9-17-12/h1-2,9H,4-8,10H2. The predicted octanol–water partition coefficient (Wildman–Crippen LogP) is 1.07. The summed E-state index contributed by atoms with van der Waals surface area (Å²) in [6.07, 6.45) is 0. The summed E-state index contributed by atoms with van der Waals surface area (Å²) >= 11 is 1.50. The molecule has 2 rings (SSSR count). The average Bonchev–Trinajstić information content (AvgIpc) is 2.86. The largest absolute Gasteiger partial charge is 0.293 e. The van der Waals surface area contributed by atoms with Crippen molar-refractivity contribution in [3.63, 3.8) is 0 Å². The van der Waals surface area contributed by atoms with Crippen LogP contribution in [0.5, 0.6) is 0 Å².